The quantitative estimate of drug-likeness (QED) is 0.484. The largest absolute Gasteiger partial charge is 0.448 e. The van der Waals surface area contributed by atoms with Gasteiger partial charge in [-0.1, -0.05) is 13.3 Å². The molecular weight excluding hydrogens is 486 g/mol. The Balaban J connectivity index is 1.27. The Labute approximate surface area is 204 Å². The minimum Gasteiger partial charge on any atom is -0.448 e. The lowest BCUT2D eigenvalue weighted by atomic mass is 10.1. The minimum atomic E-state index is -0.295. The number of benzene rings is 1. The number of carbonyl (C=O) groups is 2. The maximum absolute atomic E-state index is 12.8. The molecule has 2 N–H and O–H groups in total. The van der Waals surface area contributed by atoms with Crippen molar-refractivity contribution in [2.45, 2.75) is 57.5 Å². The van der Waals surface area contributed by atoms with Crippen LogP contribution in [0.1, 0.15) is 45.4 Å². The Morgan fingerprint density at radius 3 is 2.70 bits per heavy atom. The van der Waals surface area contributed by atoms with Crippen molar-refractivity contribution in [2.24, 2.45) is 4.99 Å². The highest BCUT2D eigenvalue weighted by molar-refractivity contribution is 9.10. The Hall–Kier alpha value is -2.13. The van der Waals surface area contributed by atoms with Gasteiger partial charge in [-0.15, -0.1) is 0 Å². The van der Waals surface area contributed by atoms with E-state index in [1.54, 1.807) is 4.90 Å². The maximum atomic E-state index is 12.8. The van der Waals surface area contributed by atoms with Crippen LogP contribution >= 0.6 is 15.9 Å². The molecule has 8 nitrogen and oxygen atoms in total. The number of piperazine rings is 1. The molecule has 1 saturated heterocycles. The average Bonchev–Trinajstić information content (AvgIpc) is 3.53. The summed E-state index contributed by atoms with van der Waals surface area (Å²) in [6.45, 7) is 5.93. The van der Waals surface area contributed by atoms with Gasteiger partial charge in [0.15, 0.2) is 0 Å². The molecule has 0 spiro atoms. The lowest BCUT2D eigenvalue weighted by Gasteiger charge is -2.35. The molecule has 0 bridgehead atoms. The Bertz CT molecular complexity index is 881. The summed E-state index contributed by atoms with van der Waals surface area (Å²) in [5.41, 5.74) is 2.93. The van der Waals surface area contributed by atoms with E-state index in [9.17, 15) is 9.59 Å². The number of hydrogen-bond acceptors (Lipinski definition) is 6. The molecular formula is C24H34BrN5O3. The van der Waals surface area contributed by atoms with E-state index in [-0.39, 0.29) is 18.0 Å². The van der Waals surface area contributed by atoms with E-state index in [1.807, 2.05) is 18.2 Å². The van der Waals surface area contributed by atoms with Crippen molar-refractivity contribution in [3.05, 3.63) is 22.7 Å². The Kier molecular flexibility index (Phi) is 8.25. The van der Waals surface area contributed by atoms with E-state index in [0.29, 0.717) is 25.7 Å². The number of nitrogens with one attached hydrogen (secondary N) is 2. The van der Waals surface area contributed by atoms with Crippen LogP contribution < -0.4 is 15.5 Å². The molecule has 2 aliphatic heterocycles. The number of amides is 2. The van der Waals surface area contributed by atoms with Gasteiger partial charge in [0.2, 0.25) is 5.91 Å². The molecule has 3 aliphatic rings. The summed E-state index contributed by atoms with van der Waals surface area (Å²) in [7, 11) is 0. The third-order valence-corrected chi connectivity index (χ3v) is 7.03. The summed E-state index contributed by atoms with van der Waals surface area (Å²) in [5.74, 6) is -0.0531. The molecule has 1 atom stereocenters. The third-order valence-electron chi connectivity index (χ3n) is 6.33. The Morgan fingerprint density at radius 2 is 1.97 bits per heavy atom. The first-order chi connectivity index (χ1) is 16.0. The van der Waals surface area contributed by atoms with Crippen molar-refractivity contribution < 1.29 is 14.3 Å². The molecule has 0 radical (unpaired) electrons. The number of ether oxygens (including phenoxy) is 1. The molecule has 2 heterocycles. The molecule has 1 aliphatic carbocycles. The number of nitrogens with zero attached hydrogens (tertiary/aromatic N) is 3. The van der Waals surface area contributed by atoms with Gasteiger partial charge < -0.3 is 25.2 Å². The minimum absolute atomic E-state index is 0.0531. The molecule has 1 saturated carbocycles. The summed E-state index contributed by atoms with van der Waals surface area (Å²) in [4.78, 5) is 33.7. The normalized spacial score (nSPS) is 20.5. The number of halogens is 1. The molecule has 1 aromatic carbocycles. The highest BCUT2D eigenvalue weighted by atomic mass is 79.9. The standard InChI is InChI=1S/C24H34BrN5O3/c1-2-3-18-6-9-21(27-18)23(31)28-22-16-19(7-8-20(22)25)29-11-13-30(14-12-29)24(32)33-15-10-26-17-4-5-17/h7-8,16-17,21,26H,2-6,9-15H2,1H3,(H,28,31). The summed E-state index contributed by atoms with van der Waals surface area (Å²) >= 11 is 3.56. The number of carbonyl (C=O) groups excluding carboxylic acids is 2. The monoisotopic (exact) mass is 519 g/mol. The van der Waals surface area contributed by atoms with Gasteiger partial charge in [0.05, 0.1) is 5.69 Å². The number of anilines is 2. The third kappa shape index (κ3) is 6.69. The summed E-state index contributed by atoms with van der Waals surface area (Å²) in [5, 5.41) is 6.40. The fourth-order valence-electron chi connectivity index (χ4n) is 4.27. The zero-order valence-corrected chi connectivity index (χ0v) is 20.9. The van der Waals surface area contributed by atoms with Crippen LogP contribution in [-0.4, -0.2) is 74.0 Å². The molecule has 9 heteroatoms. The van der Waals surface area contributed by atoms with Gasteiger partial charge >= 0.3 is 6.09 Å². The second-order valence-electron chi connectivity index (χ2n) is 8.97. The van der Waals surface area contributed by atoms with E-state index < -0.39 is 0 Å². The van der Waals surface area contributed by atoms with Crippen LogP contribution in [0.15, 0.2) is 27.7 Å². The average molecular weight is 520 g/mol. The van der Waals surface area contributed by atoms with Crippen molar-refractivity contribution in [3.8, 4) is 0 Å². The van der Waals surface area contributed by atoms with Crippen LogP contribution in [0.25, 0.3) is 0 Å². The van der Waals surface area contributed by atoms with Gasteiger partial charge in [-0.2, -0.15) is 0 Å². The van der Waals surface area contributed by atoms with E-state index >= 15 is 0 Å². The summed E-state index contributed by atoms with van der Waals surface area (Å²) in [6.07, 6.45) is 5.95. The van der Waals surface area contributed by atoms with Gasteiger partial charge in [0, 0.05) is 54.6 Å². The van der Waals surface area contributed by atoms with E-state index in [4.69, 9.17) is 4.74 Å². The number of rotatable bonds is 9. The van der Waals surface area contributed by atoms with Crippen LogP contribution in [0.4, 0.5) is 16.2 Å². The van der Waals surface area contributed by atoms with Crippen LogP contribution in [-0.2, 0) is 9.53 Å². The van der Waals surface area contributed by atoms with Crippen LogP contribution in [0.3, 0.4) is 0 Å². The number of hydrogen-bond donors (Lipinski definition) is 2. The van der Waals surface area contributed by atoms with Crippen molar-refractivity contribution in [1.29, 1.82) is 0 Å². The van der Waals surface area contributed by atoms with Crippen molar-refractivity contribution >= 4 is 45.0 Å². The van der Waals surface area contributed by atoms with Crippen molar-refractivity contribution in [2.75, 3.05) is 49.5 Å². The zero-order chi connectivity index (χ0) is 23.2. The summed E-state index contributed by atoms with van der Waals surface area (Å²) in [6, 6.07) is 6.31. The zero-order valence-electron chi connectivity index (χ0n) is 19.3. The fraction of sp³-hybridized carbons (Fsp3) is 0.625. The molecule has 33 heavy (non-hydrogen) atoms. The molecule has 0 aromatic heterocycles. The van der Waals surface area contributed by atoms with E-state index in [2.05, 4.69) is 43.4 Å². The lowest BCUT2D eigenvalue weighted by Crippen LogP contribution is -2.49. The molecule has 180 valence electrons. The van der Waals surface area contributed by atoms with Crippen LogP contribution in [0, 0.1) is 0 Å². The van der Waals surface area contributed by atoms with Crippen molar-refractivity contribution in [3.63, 3.8) is 0 Å². The van der Waals surface area contributed by atoms with Gasteiger partial charge in [0.1, 0.15) is 12.6 Å². The first-order valence-corrected chi connectivity index (χ1v) is 12.9. The molecule has 4 rings (SSSR count). The van der Waals surface area contributed by atoms with Crippen LogP contribution in [0.5, 0.6) is 0 Å². The fourth-order valence-corrected chi connectivity index (χ4v) is 4.62. The first-order valence-electron chi connectivity index (χ1n) is 12.1. The predicted molar refractivity (Wildman–Crippen MR) is 134 cm³/mol. The Morgan fingerprint density at radius 1 is 1.18 bits per heavy atom. The predicted octanol–water partition coefficient (Wildman–Crippen LogP) is 3.80. The second-order valence-corrected chi connectivity index (χ2v) is 9.82. The highest BCUT2D eigenvalue weighted by Gasteiger charge is 2.26. The van der Waals surface area contributed by atoms with E-state index in [0.717, 1.165) is 66.9 Å². The number of aliphatic imine (C=N–C) groups is 1. The molecule has 1 unspecified atom stereocenters. The first kappa shape index (κ1) is 24.0. The van der Waals surface area contributed by atoms with Gasteiger partial charge in [-0.25, -0.2) is 4.79 Å². The molecule has 1 aromatic rings. The topological polar surface area (TPSA) is 86.3 Å². The molecule has 2 fully saturated rings. The smallest absolute Gasteiger partial charge is 0.409 e. The van der Waals surface area contributed by atoms with Gasteiger partial charge in [-0.05, 0) is 66.2 Å². The SMILES string of the molecule is CCCC1=NC(C(=O)Nc2cc(N3CCN(C(=O)OCCNC4CC4)CC3)ccc2Br)CC1. The van der Waals surface area contributed by atoms with Gasteiger partial charge in [0.25, 0.3) is 0 Å². The highest BCUT2D eigenvalue weighted by Crippen LogP contribution is 2.29. The van der Waals surface area contributed by atoms with Gasteiger partial charge in [-0.3, -0.25) is 9.79 Å². The van der Waals surface area contributed by atoms with Crippen molar-refractivity contribution in [1.82, 2.24) is 10.2 Å². The van der Waals surface area contributed by atoms with E-state index in [1.165, 1.54) is 12.8 Å². The second kappa shape index (κ2) is 11.3. The summed E-state index contributed by atoms with van der Waals surface area (Å²) < 4.78 is 6.24. The lowest BCUT2D eigenvalue weighted by molar-refractivity contribution is -0.117. The maximum Gasteiger partial charge on any atom is 0.409 e. The van der Waals surface area contributed by atoms with Crippen LogP contribution in [0.2, 0.25) is 0 Å². The molecule has 2 amide bonds.